The van der Waals surface area contributed by atoms with E-state index in [9.17, 15) is 9.59 Å². The summed E-state index contributed by atoms with van der Waals surface area (Å²) in [6, 6.07) is 0.367. The number of nitrogens with zero attached hydrogens (tertiary/aromatic N) is 1. The van der Waals surface area contributed by atoms with Crippen molar-refractivity contribution in [3.05, 3.63) is 0 Å². The van der Waals surface area contributed by atoms with Crippen molar-refractivity contribution in [3.8, 4) is 0 Å². The third-order valence-corrected chi connectivity index (χ3v) is 3.57. The second-order valence-corrected chi connectivity index (χ2v) is 4.97. The van der Waals surface area contributed by atoms with Crippen molar-refractivity contribution in [2.24, 2.45) is 0 Å². The summed E-state index contributed by atoms with van der Waals surface area (Å²) in [5.74, 6) is -1.63. The predicted octanol–water partition coefficient (Wildman–Crippen LogP) is 1.96. The molecule has 0 aliphatic heterocycles. The van der Waals surface area contributed by atoms with Gasteiger partial charge in [-0.1, -0.05) is 25.7 Å². The van der Waals surface area contributed by atoms with E-state index in [1.54, 1.807) is 0 Å². The molecule has 0 saturated heterocycles. The molecule has 18 heavy (non-hydrogen) atoms. The molecule has 0 aromatic carbocycles. The Bertz CT molecular complexity index is 254. The van der Waals surface area contributed by atoms with Crippen LogP contribution in [0.4, 0.5) is 0 Å². The van der Waals surface area contributed by atoms with Crippen molar-refractivity contribution in [1.29, 1.82) is 0 Å². The summed E-state index contributed by atoms with van der Waals surface area (Å²) in [6.07, 6.45) is 7.14. The largest absolute Gasteiger partial charge is 0.481 e. The highest BCUT2D eigenvalue weighted by Gasteiger charge is 2.21. The highest BCUT2D eigenvalue weighted by Crippen LogP contribution is 2.22. The van der Waals surface area contributed by atoms with Crippen molar-refractivity contribution in [3.63, 3.8) is 0 Å². The Morgan fingerprint density at radius 3 is 1.72 bits per heavy atom. The van der Waals surface area contributed by atoms with Gasteiger partial charge in [0.2, 0.25) is 0 Å². The molecule has 0 aromatic rings. The van der Waals surface area contributed by atoms with Crippen LogP contribution in [0.1, 0.15) is 51.4 Å². The second-order valence-electron chi connectivity index (χ2n) is 4.97. The molecule has 1 aliphatic carbocycles. The van der Waals surface area contributed by atoms with E-state index in [1.165, 1.54) is 25.7 Å². The summed E-state index contributed by atoms with van der Waals surface area (Å²) in [5.41, 5.74) is 0. The van der Waals surface area contributed by atoms with E-state index in [0.717, 1.165) is 12.8 Å². The van der Waals surface area contributed by atoms with Gasteiger partial charge in [0.25, 0.3) is 0 Å². The van der Waals surface area contributed by atoms with Gasteiger partial charge >= 0.3 is 11.9 Å². The molecule has 104 valence electrons. The Labute approximate surface area is 108 Å². The fraction of sp³-hybridized carbons (Fsp3) is 0.846. The number of rotatable bonds is 7. The Hall–Kier alpha value is -1.10. The fourth-order valence-corrected chi connectivity index (χ4v) is 2.58. The van der Waals surface area contributed by atoms with Crippen molar-refractivity contribution in [2.45, 2.75) is 57.4 Å². The van der Waals surface area contributed by atoms with Crippen molar-refractivity contribution < 1.29 is 19.8 Å². The number of carboxylic acids is 2. The first-order chi connectivity index (χ1) is 8.59. The van der Waals surface area contributed by atoms with Crippen molar-refractivity contribution in [1.82, 2.24) is 4.90 Å². The SMILES string of the molecule is O=C(O)CCN(CCC(=O)O)C1CCCCCC1. The lowest BCUT2D eigenvalue weighted by Crippen LogP contribution is -2.38. The number of carboxylic acid groups (broad SMARTS) is 2. The molecule has 1 fully saturated rings. The Morgan fingerprint density at radius 2 is 1.33 bits per heavy atom. The Kier molecular flexibility index (Phi) is 6.72. The van der Waals surface area contributed by atoms with Crippen LogP contribution >= 0.6 is 0 Å². The summed E-state index contributed by atoms with van der Waals surface area (Å²) < 4.78 is 0. The number of aliphatic carboxylic acids is 2. The first-order valence-corrected chi connectivity index (χ1v) is 6.77. The van der Waals surface area contributed by atoms with Crippen LogP contribution in [0.25, 0.3) is 0 Å². The van der Waals surface area contributed by atoms with Gasteiger partial charge in [-0.2, -0.15) is 0 Å². The second kappa shape index (κ2) is 8.08. The molecule has 0 atom stereocenters. The van der Waals surface area contributed by atoms with E-state index < -0.39 is 11.9 Å². The monoisotopic (exact) mass is 257 g/mol. The van der Waals surface area contributed by atoms with Gasteiger partial charge in [-0.15, -0.1) is 0 Å². The van der Waals surface area contributed by atoms with Gasteiger partial charge in [0.15, 0.2) is 0 Å². The van der Waals surface area contributed by atoms with Gasteiger partial charge in [0.05, 0.1) is 12.8 Å². The van der Waals surface area contributed by atoms with Crippen LogP contribution in [0.2, 0.25) is 0 Å². The average Bonchev–Trinajstić information content (AvgIpc) is 2.57. The molecule has 2 N–H and O–H groups in total. The maximum absolute atomic E-state index is 10.6. The van der Waals surface area contributed by atoms with Gasteiger partial charge in [0.1, 0.15) is 0 Å². The van der Waals surface area contributed by atoms with E-state index in [-0.39, 0.29) is 12.8 Å². The van der Waals surface area contributed by atoms with Crippen molar-refractivity contribution >= 4 is 11.9 Å². The number of hydrogen-bond donors (Lipinski definition) is 2. The molecule has 0 unspecified atom stereocenters. The lowest BCUT2D eigenvalue weighted by Gasteiger charge is -2.30. The average molecular weight is 257 g/mol. The van der Waals surface area contributed by atoms with Crippen molar-refractivity contribution in [2.75, 3.05) is 13.1 Å². The van der Waals surface area contributed by atoms with E-state index >= 15 is 0 Å². The van der Waals surface area contributed by atoms with Crippen LogP contribution in [0.5, 0.6) is 0 Å². The predicted molar refractivity (Wildman–Crippen MR) is 67.6 cm³/mol. The molecule has 1 aliphatic rings. The normalized spacial score (nSPS) is 17.6. The van der Waals surface area contributed by atoms with Gasteiger partial charge in [0, 0.05) is 19.1 Å². The summed E-state index contributed by atoms with van der Waals surface area (Å²) in [7, 11) is 0. The van der Waals surface area contributed by atoms with E-state index in [2.05, 4.69) is 4.90 Å². The van der Waals surface area contributed by atoms with Gasteiger partial charge in [-0.3, -0.25) is 14.5 Å². The third kappa shape index (κ3) is 6.00. The molecule has 5 heteroatoms. The molecular weight excluding hydrogens is 234 g/mol. The fourth-order valence-electron chi connectivity index (χ4n) is 2.58. The molecule has 1 rings (SSSR count). The summed E-state index contributed by atoms with van der Waals surface area (Å²) in [5, 5.41) is 17.5. The zero-order valence-electron chi connectivity index (χ0n) is 10.8. The highest BCUT2D eigenvalue weighted by molar-refractivity contribution is 5.67. The molecular formula is C13H23NO4. The highest BCUT2D eigenvalue weighted by atomic mass is 16.4. The maximum Gasteiger partial charge on any atom is 0.304 e. The molecule has 0 bridgehead atoms. The zero-order chi connectivity index (χ0) is 13.4. The minimum Gasteiger partial charge on any atom is -0.481 e. The standard InChI is InChI=1S/C13H23NO4/c15-12(16)7-9-14(10-8-13(17)18)11-5-3-1-2-4-6-11/h11H,1-10H2,(H,15,16)(H,17,18). The first kappa shape index (κ1) is 15.0. The van der Waals surface area contributed by atoms with Crippen LogP contribution in [0.3, 0.4) is 0 Å². The molecule has 0 heterocycles. The van der Waals surface area contributed by atoms with Crippen LogP contribution in [-0.4, -0.2) is 46.2 Å². The first-order valence-electron chi connectivity index (χ1n) is 6.77. The van der Waals surface area contributed by atoms with Crippen LogP contribution in [-0.2, 0) is 9.59 Å². The summed E-state index contributed by atoms with van der Waals surface area (Å²) in [6.45, 7) is 0.931. The summed E-state index contributed by atoms with van der Waals surface area (Å²) >= 11 is 0. The van der Waals surface area contributed by atoms with Crippen LogP contribution < -0.4 is 0 Å². The number of carbonyl (C=O) groups is 2. The maximum atomic E-state index is 10.6. The Morgan fingerprint density at radius 1 is 0.889 bits per heavy atom. The molecule has 1 saturated carbocycles. The van der Waals surface area contributed by atoms with Crippen LogP contribution in [0, 0.1) is 0 Å². The van der Waals surface area contributed by atoms with E-state index in [0.29, 0.717) is 19.1 Å². The summed E-state index contributed by atoms with van der Waals surface area (Å²) in [4.78, 5) is 23.4. The Balaban J connectivity index is 2.49. The van der Waals surface area contributed by atoms with Gasteiger partial charge in [-0.25, -0.2) is 0 Å². The minimum atomic E-state index is -0.816. The van der Waals surface area contributed by atoms with Gasteiger partial charge < -0.3 is 10.2 Å². The molecule has 0 amide bonds. The third-order valence-electron chi connectivity index (χ3n) is 3.57. The van der Waals surface area contributed by atoms with Gasteiger partial charge in [-0.05, 0) is 12.8 Å². The molecule has 0 aromatic heterocycles. The lowest BCUT2D eigenvalue weighted by molar-refractivity contribution is -0.137. The van der Waals surface area contributed by atoms with Crippen LogP contribution in [0.15, 0.2) is 0 Å². The topological polar surface area (TPSA) is 77.8 Å². The lowest BCUT2D eigenvalue weighted by atomic mass is 10.1. The van der Waals surface area contributed by atoms with E-state index in [4.69, 9.17) is 10.2 Å². The van der Waals surface area contributed by atoms with E-state index in [1.807, 2.05) is 0 Å². The molecule has 0 radical (unpaired) electrons. The molecule has 5 nitrogen and oxygen atoms in total. The zero-order valence-corrected chi connectivity index (χ0v) is 10.8. The molecule has 0 spiro atoms. The smallest absolute Gasteiger partial charge is 0.304 e. The minimum absolute atomic E-state index is 0.0934. The number of hydrogen-bond acceptors (Lipinski definition) is 3. The quantitative estimate of drug-likeness (QED) is 0.682.